The SMILES string of the molecule is COc1cccc2c1OCCCn1cc(nn1)CCN(C(=O)c1cc(-c3ccc(Cl)cc3)n[nH]1)CCNC(=O)[C@H](Cc1ccccc1)NC2=O. The topological polar surface area (TPSA) is 156 Å². The van der Waals surface area contributed by atoms with E-state index < -0.39 is 17.9 Å². The van der Waals surface area contributed by atoms with Crippen LogP contribution in [0.4, 0.5) is 0 Å². The van der Waals surface area contributed by atoms with Gasteiger partial charge in [-0.1, -0.05) is 65.3 Å². The molecular formula is C36H37ClN8O5. The van der Waals surface area contributed by atoms with Gasteiger partial charge in [0.15, 0.2) is 11.5 Å². The molecule has 13 nitrogen and oxygen atoms in total. The molecule has 1 aliphatic heterocycles. The fourth-order valence-corrected chi connectivity index (χ4v) is 5.76. The second kappa shape index (κ2) is 16.1. The van der Waals surface area contributed by atoms with Crippen LogP contribution in [-0.4, -0.2) is 87.2 Å². The van der Waals surface area contributed by atoms with Gasteiger partial charge in [-0.25, -0.2) is 0 Å². The first-order valence-electron chi connectivity index (χ1n) is 16.3. The molecule has 3 aromatic carbocycles. The lowest BCUT2D eigenvalue weighted by Crippen LogP contribution is -2.50. The number of amides is 3. The summed E-state index contributed by atoms with van der Waals surface area (Å²) in [5.41, 5.74) is 3.52. The molecule has 1 atom stereocenters. The molecule has 258 valence electrons. The molecule has 1 aliphatic rings. The highest BCUT2D eigenvalue weighted by Crippen LogP contribution is 2.31. The maximum atomic E-state index is 13.8. The number of benzene rings is 3. The minimum atomic E-state index is -0.918. The molecule has 5 aromatic rings. The van der Waals surface area contributed by atoms with Crippen molar-refractivity contribution >= 4 is 29.3 Å². The second-order valence-corrected chi connectivity index (χ2v) is 12.2. The predicted molar refractivity (Wildman–Crippen MR) is 186 cm³/mol. The molecule has 0 fully saturated rings. The number of rotatable bonds is 5. The Hall–Kier alpha value is -5.69. The maximum absolute atomic E-state index is 13.8. The average Bonchev–Trinajstić information content (AvgIpc) is 3.81. The molecule has 0 unspecified atom stereocenters. The summed E-state index contributed by atoms with van der Waals surface area (Å²) < 4.78 is 13.3. The van der Waals surface area contributed by atoms with Gasteiger partial charge in [-0.05, 0) is 35.9 Å². The number of carbonyl (C=O) groups is 3. The average molecular weight is 697 g/mol. The maximum Gasteiger partial charge on any atom is 0.271 e. The number of fused-ring (bicyclic) bond motifs is 3. The third kappa shape index (κ3) is 8.47. The number of carbonyl (C=O) groups excluding carboxylic acids is 3. The summed E-state index contributed by atoms with van der Waals surface area (Å²) in [5.74, 6) is -0.482. The van der Waals surface area contributed by atoms with Crippen molar-refractivity contribution < 1.29 is 23.9 Å². The van der Waals surface area contributed by atoms with Gasteiger partial charge in [-0.15, -0.1) is 5.10 Å². The molecule has 0 radical (unpaired) electrons. The Labute approximate surface area is 293 Å². The van der Waals surface area contributed by atoms with Gasteiger partial charge in [-0.2, -0.15) is 5.10 Å². The Morgan fingerprint density at radius 3 is 2.64 bits per heavy atom. The van der Waals surface area contributed by atoms with E-state index in [-0.39, 0.29) is 43.3 Å². The normalized spacial score (nSPS) is 16.1. The van der Waals surface area contributed by atoms with Crippen molar-refractivity contribution in [2.24, 2.45) is 0 Å². The molecule has 2 aromatic heterocycles. The summed E-state index contributed by atoms with van der Waals surface area (Å²) in [7, 11) is 1.51. The van der Waals surface area contributed by atoms with E-state index in [0.29, 0.717) is 53.8 Å². The number of hydrogen-bond donors (Lipinski definition) is 3. The number of methoxy groups -OCH3 is 1. The van der Waals surface area contributed by atoms with Crippen molar-refractivity contribution in [1.82, 2.24) is 40.7 Å². The van der Waals surface area contributed by atoms with Crippen molar-refractivity contribution in [3.05, 3.63) is 113 Å². The van der Waals surface area contributed by atoms with Gasteiger partial charge in [-0.3, -0.25) is 24.2 Å². The minimum absolute atomic E-state index is 0.129. The largest absolute Gasteiger partial charge is 0.493 e. The first-order valence-corrected chi connectivity index (χ1v) is 16.7. The summed E-state index contributed by atoms with van der Waals surface area (Å²) >= 11 is 6.04. The van der Waals surface area contributed by atoms with Crippen LogP contribution in [0.15, 0.2) is 85.1 Å². The fourth-order valence-electron chi connectivity index (χ4n) is 5.63. The van der Waals surface area contributed by atoms with Gasteiger partial charge in [0.25, 0.3) is 11.8 Å². The van der Waals surface area contributed by atoms with E-state index in [1.54, 1.807) is 46.0 Å². The van der Waals surface area contributed by atoms with Crippen molar-refractivity contribution in [3.8, 4) is 22.8 Å². The molecule has 3 amide bonds. The molecule has 0 spiro atoms. The zero-order chi connectivity index (χ0) is 34.9. The number of halogens is 1. The fraction of sp³-hybridized carbons (Fsp3) is 0.278. The summed E-state index contributed by atoms with van der Waals surface area (Å²) in [6, 6.07) is 22.4. The van der Waals surface area contributed by atoms with Gasteiger partial charge in [0.05, 0.1) is 30.7 Å². The number of ether oxygens (including phenoxy) is 2. The zero-order valence-corrected chi connectivity index (χ0v) is 28.2. The summed E-state index contributed by atoms with van der Waals surface area (Å²) in [5, 5.41) is 22.2. The lowest BCUT2D eigenvalue weighted by molar-refractivity contribution is -0.123. The van der Waals surface area contributed by atoms with Gasteiger partial charge in [0.1, 0.15) is 11.7 Å². The number of hydrogen-bond acceptors (Lipinski definition) is 8. The monoisotopic (exact) mass is 696 g/mol. The number of aromatic nitrogens is 5. The summed E-state index contributed by atoms with van der Waals surface area (Å²) in [4.78, 5) is 42.9. The lowest BCUT2D eigenvalue weighted by atomic mass is 10.0. The molecular weight excluding hydrogens is 660 g/mol. The first kappa shape index (κ1) is 34.2. The number of aryl methyl sites for hydroxylation is 1. The Morgan fingerprint density at radius 1 is 1.02 bits per heavy atom. The van der Waals surface area contributed by atoms with Gasteiger partial charge >= 0.3 is 0 Å². The van der Waals surface area contributed by atoms with Gasteiger partial charge in [0, 0.05) is 62.2 Å². The van der Waals surface area contributed by atoms with E-state index in [4.69, 9.17) is 21.1 Å². The van der Waals surface area contributed by atoms with E-state index in [9.17, 15) is 14.4 Å². The molecule has 14 heteroatoms. The Balaban J connectivity index is 1.25. The van der Waals surface area contributed by atoms with Gasteiger partial charge in [0.2, 0.25) is 5.91 Å². The molecule has 50 heavy (non-hydrogen) atoms. The van der Waals surface area contributed by atoms with E-state index in [2.05, 4.69) is 31.1 Å². The number of nitrogens with one attached hydrogen (secondary N) is 3. The van der Waals surface area contributed by atoms with E-state index in [1.807, 2.05) is 48.7 Å². The third-order valence-corrected chi connectivity index (χ3v) is 8.52. The van der Waals surface area contributed by atoms with Crippen LogP contribution in [0.3, 0.4) is 0 Å². The van der Waals surface area contributed by atoms with Crippen LogP contribution in [-0.2, 0) is 24.2 Å². The second-order valence-electron chi connectivity index (χ2n) is 11.7. The minimum Gasteiger partial charge on any atom is -0.493 e. The number of H-pyrrole nitrogens is 1. The van der Waals surface area contributed by atoms with Gasteiger partial charge < -0.3 is 25.0 Å². The summed E-state index contributed by atoms with van der Waals surface area (Å²) in [6.07, 6.45) is 3.09. The van der Waals surface area contributed by atoms with Crippen molar-refractivity contribution in [3.63, 3.8) is 0 Å². The van der Waals surface area contributed by atoms with Crippen molar-refractivity contribution in [2.75, 3.05) is 33.4 Å². The standard InChI is InChI=1S/C36H37ClN8O5/c1-49-32-10-5-9-28-33(32)50-20-6-17-45-23-27(40-43-45)15-18-44(36(48)31-22-29(41-42-31)25-11-13-26(37)14-12-25)19-16-38-35(47)30(39-34(28)46)21-24-7-3-2-4-8-24/h2-5,7-14,22-23,30H,6,15-21H2,1H3,(H,38,47)(H,39,46)(H,41,42)/t30-/m0/s1. The highest BCUT2D eigenvalue weighted by molar-refractivity contribution is 6.30. The van der Waals surface area contributed by atoms with Crippen LogP contribution in [0.2, 0.25) is 5.02 Å². The Bertz CT molecular complexity index is 1930. The van der Waals surface area contributed by atoms with E-state index in [0.717, 1.165) is 11.1 Å². The Kier molecular flexibility index (Phi) is 11.0. The molecule has 3 heterocycles. The third-order valence-electron chi connectivity index (χ3n) is 8.27. The number of nitrogens with zero attached hydrogens (tertiary/aromatic N) is 5. The zero-order valence-electron chi connectivity index (χ0n) is 27.5. The lowest BCUT2D eigenvalue weighted by Gasteiger charge is -2.24. The number of para-hydroxylation sites is 1. The van der Waals surface area contributed by atoms with Crippen molar-refractivity contribution in [2.45, 2.75) is 31.8 Å². The quantitative estimate of drug-likeness (QED) is 0.250. The molecule has 3 N–H and O–H groups in total. The smallest absolute Gasteiger partial charge is 0.271 e. The molecule has 0 aliphatic carbocycles. The molecule has 0 saturated carbocycles. The first-order chi connectivity index (χ1) is 24.4. The van der Waals surface area contributed by atoms with E-state index in [1.165, 1.54) is 7.11 Å². The van der Waals surface area contributed by atoms with Crippen LogP contribution < -0.4 is 20.1 Å². The Morgan fingerprint density at radius 2 is 1.84 bits per heavy atom. The van der Waals surface area contributed by atoms with Crippen LogP contribution in [0.25, 0.3) is 11.3 Å². The molecule has 0 saturated heterocycles. The number of aromatic amines is 1. The highest BCUT2D eigenvalue weighted by atomic mass is 35.5. The van der Waals surface area contributed by atoms with Crippen molar-refractivity contribution in [1.29, 1.82) is 0 Å². The molecule has 6 rings (SSSR count). The predicted octanol–water partition coefficient (Wildman–Crippen LogP) is 3.96. The van der Waals surface area contributed by atoms with Crippen LogP contribution >= 0.6 is 11.6 Å². The summed E-state index contributed by atoms with van der Waals surface area (Å²) in [6.45, 7) is 1.42. The van der Waals surface area contributed by atoms with E-state index >= 15 is 0 Å². The highest BCUT2D eigenvalue weighted by Gasteiger charge is 2.26. The van der Waals surface area contributed by atoms with Crippen LogP contribution in [0, 0.1) is 0 Å². The molecule has 2 bridgehead atoms. The van der Waals surface area contributed by atoms with Crippen LogP contribution in [0.5, 0.6) is 11.5 Å². The van der Waals surface area contributed by atoms with Crippen LogP contribution in [0.1, 0.15) is 38.5 Å².